The molecule has 7 nitrogen and oxygen atoms in total. The zero-order valence-corrected chi connectivity index (χ0v) is 16.2. The molecule has 0 aromatic carbocycles. The fourth-order valence-electron chi connectivity index (χ4n) is 3.72. The van der Waals surface area contributed by atoms with Gasteiger partial charge in [0.2, 0.25) is 11.9 Å². The molecule has 2 aromatic heterocycles. The van der Waals surface area contributed by atoms with Crippen LogP contribution < -0.4 is 10.2 Å². The maximum Gasteiger partial charge on any atom is 0.225 e. The van der Waals surface area contributed by atoms with Crippen LogP contribution in [0.4, 0.5) is 5.95 Å². The molecule has 0 radical (unpaired) electrons. The molecular formula is C20H29N5O2. The summed E-state index contributed by atoms with van der Waals surface area (Å²) >= 11 is 0. The lowest BCUT2D eigenvalue weighted by molar-refractivity contribution is -0.125. The lowest BCUT2D eigenvalue weighted by atomic mass is 9.97. The van der Waals surface area contributed by atoms with Crippen LogP contribution >= 0.6 is 0 Å². The van der Waals surface area contributed by atoms with Crippen LogP contribution in [0.1, 0.15) is 38.5 Å². The number of hydrogen-bond acceptors (Lipinski definition) is 6. The molecule has 2 aromatic rings. The van der Waals surface area contributed by atoms with Gasteiger partial charge in [-0.15, -0.1) is 0 Å². The lowest BCUT2D eigenvalue weighted by Gasteiger charge is -2.33. The van der Waals surface area contributed by atoms with Crippen molar-refractivity contribution in [2.24, 2.45) is 5.92 Å². The lowest BCUT2D eigenvalue weighted by Crippen LogP contribution is -2.45. The molecule has 1 amide bonds. The highest BCUT2D eigenvalue weighted by atomic mass is 16.3. The fraction of sp³-hybridized carbons (Fsp3) is 0.550. The highest BCUT2D eigenvalue weighted by Crippen LogP contribution is 2.22. The molecule has 0 bridgehead atoms. The third-order valence-corrected chi connectivity index (χ3v) is 5.22. The van der Waals surface area contributed by atoms with Crippen molar-refractivity contribution < 1.29 is 9.21 Å². The molecule has 1 fully saturated rings. The highest BCUT2D eigenvalue weighted by Gasteiger charge is 2.28. The van der Waals surface area contributed by atoms with Crippen LogP contribution in [0.15, 0.2) is 41.3 Å². The van der Waals surface area contributed by atoms with Crippen molar-refractivity contribution in [2.45, 2.75) is 32.7 Å². The molecule has 0 saturated carbocycles. The quantitative estimate of drug-likeness (QED) is 0.768. The predicted octanol–water partition coefficient (Wildman–Crippen LogP) is 2.49. The molecule has 1 saturated heterocycles. The fourth-order valence-corrected chi connectivity index (χ4v) is 3.72. The molecule has 1 aliphatic rings. The number of piperidine rings is 1. The van der Waals surface area contributed by atoms with E-state index in [4.69, 9.17) is 4.42 Å². The SMILES string of the molecule is CCN(CC)C(CNC(=O)C1CCCN(c2ncccn2)C1)c1ccco1. The van der Waals surface area contributed by atoms with Crippen LogP contribution in [0.3, 0.4) is 0 Å². The van der Waals surface area contributed by atoms with E-state index in [1.54, 1.807) is 24.7 Å². The Kier molecular flexibility index (Phi) is 6.81. The molecule has 1 N–H and O–H groups in total. The predicted molar refractivity (Wildman–Crippen MR) is 104 cm³/mol. The Morgan fingerprint density at radius 1 is 1.33 bits per heavy atom. The van der Waals surface area contributed by atoms with Gasteiger partial charge < -0.3 is 14.6 Å². The van der Waals surface area contributed by atoms with Gasteiger partial charge in [0.25, 0.3) is 0 Å². The van der Waals surface area contributed by atoms with E-state index in [1.807, 2.05) is 12.1 Å². The number of amides is 1. The maximum absolute atomic E-state index is 12.8. The van der Waals surface area contributed by atoms with Crippen LogP contribution in [-0.4, -0.2) is 53.5 Å². The van der Waals surface area contributed by atoms with E-state index < -0.39 is 0 Å². The number of aromatic nitrogens is 2. The van der Waals surface area contributed by atoms with Gasteiger partial charge in [0, 0.05) is 32.0 Å². The molecule has 146 valence electrons. The number of furan rings is 1. The monoisotopic (exact) mass is 371 g/mol. The first-order valence-electron chi connectivity index (χ1n) is 9.80. The molecule has 2 unspecified atom stereocenters. The van der Waals surface area contributed by atoms with Gasteiger partial charge in [0.1, 0.15) is 5.76 Å². The Morgan fingerprint density at radius 3 is 2.78 bits per heavy atom. The van der Waals surface area contributed by atoms with Crippen LogP contribution in [0.5, 0.6) is 0 Å². The number of nitrogens with zero attached hydrogens (tertiary/aromatic N) is 4. The second-order valence-electron chi connectivity index (χ2n) is 6.83. The summed E-state index contributed by atoms with van der Waals surface area (Å²) in [7, 11) is 0. The average Bonchev–Trinajstić information content (AvgIpc) is 3.26. The molecule has 1 aliphatic heterocycles. The second-order valence-corrected chi connectivity index (χ2v) is 6.83. The summed E-state index contributed by atoms with van der Waals surface area (Å²) < 4.78 is 5.62. The van der Waals surface area contributed by atoms with Crippen molar-refractivity contribution in [2.75, 3.05) is 37.6 Å². The van der Waals surface area contributed by atoms with E-state index in [1.165, 1.54) is 0 Å². The number of carbonyl (C=O) groups is 1. The van der Waals surface area contributed by atoms with Crippen LogP contribution in [0.2, 0.25) is 0 Å². The summed E-state index contributed by atoms with van der Waals surface area (Å²) in [6, 6.07) is 5.73. The Hall–Kier alpha value is -2.41. The largest absolute Gasteiger partial charge is 0.468 e. The zero-order valence-electron chi connectivity index (χ0n) is 16.2. The van der Waals surface area contributed by atoms with Gasteiger partial charge in [-0.25, -0.2) is 9.97 Å². The van der Waals surface area contributed by atoms with Gasteiger partial charge in [0.05, 0.1) is 18.2 Å². The Labute approximate surface area is 160 Å². The normalized spacial score (nSPS) is 18.5. The first kappa shape index (κ1) is 19.4. The van der Waals surface area contributed by atoms with Crippen LogP contribution in [-0.2, 0) is 4.79 Å². The molecular weight excluding hydrogens is 342 g/mol. The topological polar surface area (TPSA) is 74.5 Å². The Balaban J connectivity index is 1.60. The van der Waals surface area contributed by atoms with Crippen molar-refractivity contribution >= 4 is 11.9 Å². The van der Waals surface area contributed by atoms with Gasteiger partial charge in [0.15, 0.2) is 0 Å². The molecule has 3 heterocycles. The minimum atomic E-state index is -0.0449. The number of carbonyl (C=O) groups excluding carboxylic acids is 1. The molecule has 2 atom stereocenters. The van der Waals surface area contributed by atoms with E-state index >= 15 is 0 Å². The minimum Gasteiger partial charge on any atom is -0.468 e. The smallest absolute Gasteiger partial charge is 0.225 e. The number of anilines is 1. The van der Waals surface area contributed by atoms with Crippen molar-refractivity contribution in [1.82, 2.24) is 20.2 Å². The van der Waals surface area contributed by atoms with Gasteiger partial charge in [-0.05, 0) is 44.1 Å². The van der Waals surface area contributed by atoms with Gasteiger partial charge in [-0.1, -0.05) is 13.8 Å². The minimum absolute atomic E-state index is 0.0449. The third kappa shape index (κ3) is 4.86. The Morgan fingerprint density at radius 2 is 2.11 bits per heavy atom. The van der Waals surface area contributed by atoms with E-state index in [-0.39, 0.29) is 17.9 Å². The van der Waals surface area contributed by atoms with Crippen molar-refractivity contribution in [1.29, 1.82) is 0 Å². The molecule has 3 rings (SSSR count). The van der Waals surface area contributed by atoms with E-state index in [0.717, 1.165) is 38.2 Å². The Bertz CT molecular complexity index is 688. The molecule has 27 heavy (non-hydrogen) atoms. The van der Waals surface area contributed by atoms with Gasteiger partial charge >= 0.3 is 0 Å². The molecule has 0 aliphatic carbocycles. The molecule has 7 heteroatoms. The van der Waals surface area contributed by atoms with Crippen LogP contribution in [0, 0.1) is 5.92 Å². The van der Waals surface area contributed by atoms with E-state index in [2.05, 4.69) is 38.9 Å². The summed E-state index contributed by atoms with van der Waals surface area (Å²) in [5.41, 5.74) is 0. The summed E-state index contributed by atoms with van der Waals surface area (Å²) in [4.78, 5) is 25.8. The third-order valence-electron chi connectivity index (χ3n) is 5.22. The number of hydrogen-bond donors (Lipinski definition) is 1. The van der Waals surface area contributed by atoms with E-state index in [9.17, 15) is 4.79 Å². The zero-order chi connectivity index (χ0) is 19.1. The summed E-state index contributed by atoms with van der Waals surface area (Å²) in [5.74, 6) is 1.64. The van der Waals surface area contributed by atoms with Crippen molar-refractivity contribution in [3.8, 4) is 0 Å². The summed E-state index contributed by atoms with van der Waals surface area (Å²) in [6.07, 6.45) is 7.03. The first-order chi connectivity index (χ1) is 13.2. The average molecular weight is 371 g/mol. The van der Waals surface area contributed by atoms with Crippen molar-refractivity contribution in [3.05, 3.63) is 42.6 Å². The standard InChI is InChI=1S/C20H29N5O2/c1-3-24(4-2)17(18-9-6-13-27-18)14-23-19(26)16-8-5-12-25(15-16)20-21-10-7-11-22-20/h6-7,9-11,13,16-17H,3-5,8,12,14-15H2,1-2H3,(H,23,26). The highest BCUT2D eigenvalue weighted by molar-refractivity contribution is 5.79. The van der Waals surface area contributed by atoms with E-state index in [0.29, 0.717) is 19.0 Å². The molecule has 0 spiro atoms. The summed E-state index contributed by atoms with van der Waals surface area (Å²) in [6.45, 7) is 8.15. The summed E-state index contributed by atoms with van der Waals surface area (Å²) in [5, 5.41) is 3.15. The number of likely N-dealkylation sites (N-methyl/N-ethyl adjacent to an activating group) is 1. The maximum atomic E-state index is 12.8. The number of nitrogens with one attached hydrogen (secondary N) is 1. The van der Waals surface area contributed by atoms with Crippen molar-refractivity contribution in [3.63, 3.8) is 0 Å². The van der Waals surface area contributed by atoms with Gasteiger partial charge in [-0.2, -0.15) is 0 Å². The van der Waals surface area contributed by atoms with Gasteiger partial charge in [-0.3, -0.25) is 9.69 Å². The van der Waals surface area contributed by atoms with Crippen LogP contribution in [0.25, 0.3) is 0 Å². The number of rotatable bonds is 8. The second kappa shape index (κ2) is 9.50. The first-order valence-corrected chi connectivity index (χ1v) is 9.80.